The van der Waals surface area contributed by atoms with Crippen molar-refractivity contribution in [1.29, 1.82) is 0 Å². The lowest BCUT2D eigenvalue weighted by Gasteiger charge is -2.23. The SMILES string of the molecule is O=S1CC(C2CC2)C1. The molecule has 2 heteroatoms. The summed E-state index contributed by atoms with van der Waals surface area (Å²) >= 11 is 0. The number of hydrogen-bond acceptors (Lipinski definition) is 1. The van der Waals surface area contributed by atoms with Crippen molar-refractivity contribution in [2.45, 2.75) is 12.8 Å². The second-order valence-electron chi connectivity index (χ2n) is 2.87. The lowest BCUT2D eigenvalue weighted by atomic mass is 10.1. The van der Waals surface area contributed by atoms with Crippen LogP contribution in [0.5, 0.6) is 0 Å². The van der Waals surface area contributed by atoms with Crippen LogP contribution >= 0.6 is 0 Å². The van der Waals surface area contributed by atoms with Gasteiger partial charge in [0.05, 0.1) is 0 Å². The molecular weight excluding hydrogens is 120 g/mol. The van der Waals surface area contributed by atoms with Gasteiger partial charge in [-0.25, -0.2) is 0 Å². The van der Waals surface area contributed by atoms with Crippen LogP contribution in [0.15, 0.2) is 0 Å². The summed E-state index contributed by atoms with van der Waals surface area (Å²) < 4.78 is 10.6. The molecule has 1 nitrogen and oxygen atoms in total. The Kier molecular flexibility index (Phi) is 0.973. The second-order valence-corrected chi connectivity index (χ2v) is 4.42. The molecule has 0 unspecified atom stereocenters. The Morgan fingerprint density at radius 2 is 1.75 bits per heavy atom. The quantitative estimate of drug-likeness (QED) is 0.512. The highest BCUT2D eigenvalue weighted by atomic mass is 32.2. The fourth-order valence-corrected chi connectivity index (χ4v) is 2.67. The van der Waals surface area contributed by atoms with Crippen molar-refractivity contribution < 1.29 is 4.21 Å². The van der Waals surface area contributed by atoms with E-state index in [1.165, 1.54) is 12.8 Å². The molecule has 8 heavy (non-hydrogen) atoms. The Bertz CT molecular complexity index is 120. The van der Waals surface area contributed by atoms with Crippen LogP contribution in [0.3, 0.4) is 0 Å². The monoisotopic (exact) mass is 130 g/mol. The third-order valence-corrected chi connectivity index (χ3v) is 3.69. The van der Waals surface area contributed by atoms with Crippen molar-refractivity contribution >= 4 is 10.8 Å². The summed E-state index contributed by atoms with van der Waals surface area (Å²) in [5.74, 6) is 3.90. The zero-order valence-electron chi connectivity index (χ0n) is 4.80. The van der Waals surface area contributed by atoms with E-state index in [1.54, 1.807) is 0 Å². The molecule has 1 saturated carbocycles. The van der Waals surface area contributed by atoms with E-state index in [4.69, 9.17) is 0 Å². The molecule has 1 aliphatic carbocycles. The first-order valence-electron chi connectivity index (χ1n) is 3.21. The molecular formula is C6H10OS. The number of rotatable bonds is 1. The average Bonchev–Trinajstić information content (AvgIpc) is 2.37. The molecule has 0 spiro atoms. The normalized spacial score (nSPS) is 46.0. The lowest BCUT2D eigenvalue weighted by molar-refractivity contribution is 0.525. The van der Waals surface area contributed by atoms with Gasteiger partial charge in [0, 0.05) is 22.3 Å². The van der Waals surface area contributed by atoms with E-state index in [-0.39, 0.29) is 0 Å². The Labute approximate surface area is 51.9 Å². The van der Waals surface area contributed by atoms with Crippen LogP contribution in [0.25, 0.3) is 0 Å². The van der Waals surface area contributed by atoms with E-state index in [9.17, 15) is 4.21 Å². The molecule has 0 aromatic heterocycles. The summed E-state index contributed by atoms with van der Waals surface area (Å²) in [5, 5.41) is 0. The first kappa shape index (κ1) is 4.98. The zero-order valence-corrected chi connectivity index (χ0v) is 5.62. The maximum absolute atomic E-state index is 10.6. The van der Waals surface area contributed by atoms with E-state index < -0.39 is 10.8 Å². The van der Waals surface area contributed by atoms with Crippen molar-refractivity contribution in [3.63, 3.8) is 0 Å². The van der Waals surface area contributed by atoms with Gasteiger partial charge in [-0.15, -0.1) is 0 Å². The van der Waals surface area contributed by atoms with E-state index >= 15 is 0 Å². The maximum Gasteiger partial charge on any atom is 0.0274 e. The molecule has 0 aromatic carbocycles. The van der Waals surface area contributed by atoms with Gasteiger partial charge in [0.1, 0.15) is 0 Å². The van der Waals surface area contributed by atoms with Gasteiger partial charge in [0.15, 0.2) is 0 Å². The minimum absolute atomic E-state index is 0.403. The Hall–Kier alpha value is 0.150. The third-order valence-electron chi connectivity index (χ3n) is 2.09. The van der Waals surface area contributed by atoms with Gasteiger partial charge in [0.2, 0.25) is 0 Å². The van der Waals surface area contributed by atoms with Crippen molar-refractivity contribution in [2.75, 3.05) is 11.5 Å². The smallest absolute Gasteiger partial charge is 0.0274 e. The van der Waals surface area contributed by atoms with Crippen LogP contribution < -0.4 is 0 Å². The Morgan fingerprint density at radius 3 is 2.12 bits per heavy atom. The molecule has 1 saturated heterocycles. The molecule has 46 valence electrons. The molecule has 1 aliphatic heterocycles. The summed E-state index contributed by atoms with van der Waals surface area (Å²) in [4.78, 5) is 0. The van der Waals surface area contributed by atoms with Gasteiger partial charge in [-0.3, -0.25) is 4.21 Å². The van der Waals surface area contributed by atoms with Gasteiger partial charge in [-0.05, 0) is 24.7 Å². The van der Waals surface area contributed by atoms with Crippen LogP contribution in [-0.2, 0) is 10.8 Å². The van der Waals surface area contributed by atoms with Crippen LogP contribution in [0, 0.1) is 11.8 Å². The predicted octanol–water partition coefficient (Wildman–Crippen LogP) is 0.775. The highest BCUT2D eigenvalue weighted by Gasteiger charge is 2.38. The molecule has 0 aromatic rings. The molecule has 0 bridgehead atoms. The zero-order chi connectivity index (χ0) is 5.56. The topological polar surface area (TPSA) is 17.1 Å². The van der Waals surface area contributed by atoms with Gasteiger partial charge in [-0.1, -0.05) is 0 Å². The predicted molar refractivity (Wildman–Crippen MR) is 34.1 cm³/mol. The number of hydrogen-bond donors (Lipinski definition) is 0. The van der Waals surface area contributed by atoms with Crippen LogP contribution in [0.4, 0.5) is 0 Å². The third kappa shape index (κ3) is 0.711. The van der Waals surface area contributed by atoms with E-state index in [0.717, 1.165) is 23.3 Å². The first-order chi connectivity index (χ1) is 3.86. The molecule has 0 radical (unpaired) electrons. The van der Waals surface area contributed by atoms with Gasteiger partial charge in [-0.2, -0.15) is 0 Å². The van der Waals surface area contributed by atoms with Crippen molar-refractivity contribution in [1.82, 2.24) is 0 Å². The van der Waals surface area contributed by atoms with Crippen LogP contribution in [-0.4, -0.2) is 15.7 Å². The van der Waals surface area contributed by atoms with Crippen molar-refractivity contribution in [2.24, 2.45) is 11.8 Å². The van der Waals surface area contributed by atoms with Gasteiger partial charge < -0.3 is 0 Å². The molecule has 0 N–H and O–H groups in total. The lowest BCUT2D eigenvalue weighted by Crippen LogP contribution is -2.32. The first-order valence-corrected chi connectivity index (χ1v) is 4.70. The average molecular weight is 130 g/mol. The standard InChI is InChI=1S/C6H10OS/c7-8-3-6(4-8)5-1-2-5/h5-6H,1-4H2. The highest BCUT2D eigenvalue weighted by molar-refractivity contribution is 7.86. The fraction of sp³-hybridized carbons (Fsp3) is 1.00. The van der Waals surface area contributed by atoms with E-state index in [1.807, 2.05) is 0 Å². The fourth-order valence-electron chi connectivity index (χ4n) is 1.27. The Morgan fingerprint density at radius 1 is 1.12 bits per heavy atom. The maximum atomic E-state index is 10.6. The highest BCUT2D eigenvalue weighted by Crippen LogP contribution is 2.41. The summed E-state index contributed by atoms with van der Waals surface area (Å²) in [6.45, 7) is 0. The second kappa shape index (κ2) is 1.56. The van der Waals surface area contributed by atoms with E-state index in [2.05, 4.69) is 0 Å². The molecule has 0 amide bonds. The summed E-state index contributed by atoms with van der Waals surface area (Å²) in [6.07, 6.45) is 2.84. The van der Waals surface area contributed by atoms with E-state index in [0.29, 0.717) is 0 Å². The molecule has 0 atom stereocenters. The molecule has 1 heterocycles. The van der Waals surface area contributed by atoms with Crippen molar-refractivity contribution in [3.8, 4) is 0 Å². The van der Waals surface area contributed by atoms with Gasteiger partial charge >= 0.3 is 0 Å². The minimum Gasteiger partial charge on any atom is -0.260 e. The molecule has 2 rings (SSSR count). The molecule has 2 fully saturated rings. The van der Waals surface area contributed by atoms with Gasteiger partial charge in [0.25, 0.3) is 0 Å². The minimum atomic E-state index is -0.403. The largest absolute Gasteiger partial charge is 0.260 e. The van der Waals surface area contributed by atoms with Crippen LogP contribution in [0.1, 0.15) is 12.8 Å². The summed E-state index contributed by atoms with van der Waals surface area (Å²) in [6, 6.07) is 0. The summed E-state index contributed by atoms with van der Waals surface area (Å²) in [5.41, 5.74) is 0. The molecule has 2 aliphatic rings. The van der Waals surface area contributed by atoms with Crippen LogP contribution in [0.2, 0.25) is 0 Å². The summed E-state index contributed by atoms with van der Waals surface area (Å²) in [7, 11) is -0.403. The van der Waals surface area contributed by atoms with Crippen molar-refractivity contribution in [3.05, 3.63) is 0 Å². The Balaban J connectivity index is 1.86.